The lowest BCUT2D eigenvalue weighted by atomic mass is 10.3. The van der Waals surface area contributed by atoms with Crippen LogP contribution in [0.15, 0.2) is 36.7 Å². The molecule has 0 radical (unpaired) electrons. The maximum Gasteiger partial charge on any atom is 0.135 e. The number of hydrogen-bond donors (Lipinski definition) is 1. The molecule has 1 fully saturated rings. The van der Waals surface area contributed by atoms with Crippen LogP contribution in [0.5, 0.6) is 5.75 Å². The Morgan fingerprint density at radius 2 is 1.90 bits per heavy atom. The predicted molar refractivity (Wildman–Crippen MR) is 81.3 cm³/mol. The first-order chi connectivity index (χ1) is 10.3. The molecule has 2 aromatic rings. The SMILES string of the molecule is COc1ccc(Nc2cc(N3CCOCC3)ncn2)cc1. The highest BCUT2D eigenvalue weighted by atomic mass is 16.5. The number of methoxy groups -OCH3 is 1. The minimum Gasteiger partial charge on any atom is -0.497 e. The first-order valence-electron chi connectivity index (χ1n) is 6.91. The van der Waals surface area contributed by atoms with Gasteiger partial charge in [0.15, 0.2) is 0 Å². The van der Waals surface area contributed by atoms with Crippen LogP contribution in [-0.4, -0.2) is 43.4 Å². The van der Waals surface area contributed by atoms with Crippen LogP contribution >= 0.6 is 0 Å². The lowest BCUT2D eigenvalue weighted by Gasteiger charge is -2.27. The van der Waals surface area contributed by atoms with Gasteiger partial charge in [-0.2, -0.15) is 0 Å². The average molecular weight is 286 g/mol. The van der Waals surface area contributed by atoms with E-state index >= 15 is 0 Å². The number of hydrogen-bond acceptors (Lipinski definition) is 6. The van der Waals surface area contributed by atoms with E-state index in [0.29, 0.717) is 0 Å². The van der Waals surface area contributed by atoms with E-state index in [1.165, 1.54) is 0 Å². The van der Waals surface area contributed by atoms with E-state index in [2.05, 4.69) is 20.2 Å². The zero-order valence-corrected chi connectivity index (χ0v) is 12.0. The van der Waals surface area contributed by atoms with Crippen LogP contribution in [0, 0.1) is 0 Å². The zero-order valence-electron chi connectivity index (χ0n) is 12.0. The second-order valence-corrected chi connectivity index (χ2v) is 4.71. The van der Waals surface area contributed by atoms with Crippen molar-refractivity contribution in [3.63, 3.8) is 0 Å². The molecule has 6 heteroatoms. The second-order valence-electron chi connectivity index (χ2n) is 4.71. The normalized spacial score (nSPS) is 14.8. The molecule has 21 heavy (non-hydrogen) atoms. The molecule has 0 amide bonds. The molecule has 1 N–H and O–H groups in total. The second kappa shape index (κ2) is 6.41. The number of anilines is 3. The van der Waals surface area contributed by atoms with E-state index in [9.17, 15) is 0 Å². The molecule has 1 aromatic heterocycles. The van der Waals surface area contributed by atoms with Gasteiger partial charge in [0.25, 0.3) is 0 Å². The quantitative estimate of drug-likeness (QED) is 0.928. The van der Waals surface area contributed by atoms with Crippen LogP contribution in [-0.2, 0) is 4.74 Å². The highest BCUT2D eigenvalue weighted by Gasteiger charge is 2.12. The first-order valence-corrected chi connectivity index (χ1v) is 6.91. The molecule has 0 bridgehead atoms. The summed E-state index contributed by atoms with van der Waals surface area (Å²) >= 11 is 0. The number of nitrogens with zero attached hydrogens (tertiary/aromatic N) is 3. The summed E-state index contributed by atoms with van der Waals surface area (Å²) in [6, 6.07) is 9.68. The standard InChI is InChI=1S/C15H18N4O2/c1-20-13-4-2-12(3-5-13)18-14-10-15(17-11-16-14)19-6-8-21-9-7-19/h2-5,10-11H,6-9H2,1H3,(H,16,17,18). The van der Waals surface area contributed by atoms with Gasteiger partial charge in [0, 0.05) is 24.8 Å². The third-order valence-corrected chi connectivity index (χ3v) is 3.35. The predicted octanol–water partition coefficient (Wildman–Crippen LogP) is 2.07. The van der Waals surface area contributed by atoms with Crippen molar-refractivity contribution in [3.05, 3.63) is 36.7 Å². The topological polar surface area (TPSA) is 59.5 Å². The number of nitrogens with one attached hydrogen (secondary N) is 1. The van der Waals surface area contributed by atoms with Crippen molar-refractivity contribution in [2.45, 2.75) is 0 Å². The fourth-order valence-electron chi connectivity index (χ4n) is 2.20. The van der Waals surface area contributed by atoms with Crippen molar-refractivity contribution in [1.29, 1.82) is 0 Å². The van der Waals surface area contributed by atoms with Gasteiger partial charge < -0.3 is 19.7 Å². The maximum atomic E-state index is 5.36. The third-order valence-electron chi connectivity index (χ3n) is 3.35. The largest absolute Gasteiger partial charge is 0.497 e. The van der Waals surface area contributed by atoms with Crippen LogP contribution in [0.2, 0.25) is 0 Å². The smallest absolute Gasteiger partial charge is 0.135 e. The van der Waals surface area contributed by atoms with Crippen LogP contribution in [0.4, 0.5) is 17.3 Å². The van der Waals surface area contributed by atoms with Crippen LogP contribution < -0.4 is 15.0 Å². The van der Waals surface area contributed by atoms with Crippen molar-refractivity contribution < 1.29 is 9.47 Å². The van der Waals surface area contributed by atoms with Crippen molar-refractivity contribution >= 4 is 17.3 Å². The number of rotatable bonds is 4. The molecule has 1 aromatic carbocycles. The molecule has 2 heterocycles. The number of ether oxygens (including phenoxy) is 2. The molecule has 0 aliphatic carbocycles. The van der Waals surface area contributed by atoms with Crippen LogP contribution in [0.1, 0.15) is 0 Å². The minimum atomic E-state index is 0.741. The van der Waals surface area contributed by atoms with Crippen molar-refractivity contribution in [2.24, 2.45) is 0 Å². The van der Waals surface area contributed by atoms with Crippen LogP contribution in [0.3, 0.4) is 0 Å². The average Bonchev–Trinajstić information content (AvgIpc) is 2.57. The Balaban J connectivity index is 1.72. The molecule has 3 rings (SSSR count). The molecule has 0 saturated carbocycles. The summed E-state index contributed by atoms with van der Waals surface area (Å²) in [5, 5.41) is 3.27. The highest BCUT2D eigenvalue weighted by Crippen LogP contribution is 2.21. The number of morpholine rings is 1. The van der Waals surface area contributed by atoms with Crippen molar-refractivity contribution in [1.82, 2.24) is 9.97 Å². The fourth-order valence-corrected chi connectivity index (χ4v) is 2.20. The molecule has 0 unspecified atom stereocenters. The van der Waals surface area contributed by atoms with Gasteiger partial charge in [-0.3, -0.25) is 0 Å². The molecule has 1 aliphatic heterocycles. The molecular formula is C15H18N4O2. The zero-order chi connectivity index (χ0) is 14.5. The number of benzene rings is 1. The molecule has 6 nitrogen and oxygen atoms in total. The van der Waals surface area contributed by atoms with E-state index in [0.717, 1.165) is 49.4 Å². The van der Waals surface area contributed by atoms with Gasteiger partial charge in [0.2, 0.25) is 0 Å². The monoisotopic (exact) mass is 286 g/mol. The molecule has 0 atom stereocenters. The van der Waals surface area contributed by atoms with Gasteiger partial charge in [-0.25, -0.2) is 9.97 Å². The Morgan fingerprint density at radius 1 is 1.14 bits per heavy atom. The van der Waals surface area contributed by atoms with Crippen molar-refractivity contribution in [2.75, 3.05) is 43.6 Å². The van der Waals surface area contributed by atoms with E-state index in [1.54, 1.807) is 13.4 Å². The Morgan fingerprint density at radius 3 is 2.62 bits per heavy atom. The summed E-state index contributed by atoms with van der Waals surface area (Å²) in [5.41, 5.74) is 0.961. The Labute approximate surface area is 123 Å². The summed E-state index contributed by atoms with van der Waals surface area (Å²) in [6.45, 7) is 3.20. The summed E-state index contributed by atoms with van der Waals surface area (Å²) in [5.74, 6) is 2.53. The molecule has 1 aliphatic rings. The Kier molecular flexibility index (Phi) is 4.16. The van der Waals surface area contributed by atoms with Gasteiger partial charge in [-0.1, -0.05) is 0 Å². The van der Waals surface area contributed by atoms with Gasteiger partial charge in [-0.05, 0) is 24.3 Å². The Hall–Kier alpha value is -2.34. The summed E-state index contributed by atoms with van der Waals surface area (Å²) in [7, 11) is 1.65. The molecule has 0 spiro atoms. The number of aromatic nitrogens is 2. The van der Waals surface area contributed by atoms with Gasteiger partial charge in [0.1, 0.15) is 23.7 Å². The van der Waals surface area contributed by atoms with E-state index < -0.39 is 0 Å². The lowest BCUT2D eigenvalue weighted by molar-refractivity contribution is 0.122. The van der Waals surface area contributed by atoms with E-state index in [4.69, 9.17) is 9.47 Å². The fraction of sp³-hybridized carbons (Fsp3) is 0.333. The van der Waals surface area contributed by atoms with Crippen LogP contribution in [0.25, 0.3) is 0 Å². The summed E-state index contributed by atoms with van der Waals surface area (Å²) < 4.78 is 10.5. The van der Waals surface area contributed by atoms with E-state index in [-0.39, 0.29) is 0 Å². The molecule has 1 saturated heterocycles. The third kappa shape index (κ3) is 3.41. The first kappa shape index (κ1) is 13.6. The van der Waals surface area contributed by atoms with E-state index in [1.807, 2.05) is 30.3 Å². The van der Waals surface area contributed by atoms with Gasteiger partial charge in [0.05, 0.1) is 20.3 Å². The highest BCUT2D eigenvalue weighted by molar-refractivity contribution is 5.60. The van der Waals surface area contributed by atoms with Gasteiger partial charge >= 0.3 is 0 Å². The maximum absolute atomic E-state index is 5.36. The minimum absolute atomic E-state index is 0.741. The lowest BCUT2D eigenvalue weighted by Crippen LogP contribution is -2.36. The summed E-state index contributed by atoms with van der Waals surface area (Å²) in [4.78, 5) is 10.8. The molecular weight excluding hydrogens is 268 g/mol. The summed E-state index contributed by atoms with van der Waals surface area (Å²) in [6.07, 6.45) is 1.58. The van der Waals surface area contributed by atoms with Crippen molar-refractivity contribution in [3.8, 4) is 5.75 Å². The Bertz CT molecular complexity index is 582. The molecule has 110 valence electrons. The van der Waals surface area contributed by atoms with Gasteiger partial charge in [-0.15, -0.1) is 0 Å².